The molecule has 0 radical (unpaired) electrons. The molecule has 2 unspecified atom stereocenters. The Labute approximate surface area is 119 Å². The molecule has 2 atom stereocenters. The Bertz CT molecular complexity index is 577. The third-order valence-corrected chi connectivity index (χ3v) is 7.70. The first-order valence-corrected chi connectivity index (χ1v) is 9.09. The molecule has 0 N–H and O–H groups in total. The molecule has 19 heavy (non-hydrogen) atoms. The Morgan fingerprint density at radius 2 is 2.05 bits per heavy atom. The first-order valence-electron chi connectivity index (χ1n) is 6.77. The predicted molar refractivity (Wildman–Crippen MR) is 77.7 cm³/mol. The summed E-state index contributed by atoms with van der Waals surface area (Å²) in [6.45, 7) is 7.45. The maximum Gasteiger partial charge on any atom is 0.252 e. The lowest BCUT2D eigenvalue weighted by Gasteiger charge is -2.39. The van der Waals surface area contributed by atoms with Gasteiger partial charge in [0.25, 0.3) is 10.0 Å². The van der Waals surface area contributed by atoms with E-state index in [1.54, 1.807) is 10.4 Å². The van der Waals surface area contributed by atoms with Gasteiger partial charge in [-0.15, -0.1) is 11.3 Å². The molecule has 1 saturated carbocycles. The summed E-state index contributed by atoms with van der Waals surface area (Å²) in [6.07, 6.45) is 3.11. The van der Waals surface area contributed by atoms with E-state index >= 15 is 0 Å². The molecule has 2 fully saturated rings. The molecule has 2 heterocycles. The Hall–Kier alpha value is -0.390. The van der Waals surface area contributed by atoms with E-state index in [0.29, 0.717) is 10.8 Å². The number of sulfonamides is 1. The van der Waals surface area contributed by atoms with E-state index in [-0.39, 0.29) is 16.9 Å². The van der Waals surface area contributed by atoms with Crippen molar-refractivity contribution >= 4 is 21.4 Å². The molecule has 1 aliphatic carbocycles. The van der Waals surface area contributed by atoms with Crippen molar-refractivity contribution in [2.24, 2.45) is 10.8 Å². The SMILES string of the molecule is CC1(C)CC2CC(C)(CN2S(=O)(=O)c2cccs2)C1. The van der Waals surface area contributed by atoms with E-state index in [2.05, 4.69) is 20.8 Å². The molecule has 0 amide bonds. The highest BCUT2D eigenvalue weighted by Crippen LogP contribution is 2.53. The maximum atomic E-state index is 12.7. The van der Waals surface area contributed by atoms with Crippen LogP contribution in [-0.4, -0.2) is 25.3 Å². The molecule has 2 aliphatic rings. The van der Waals surface area contributed by atoms with Crippen molar-refractivity contribution in [3.8, 4) is 0 Å². The van der Waals surface area contributed by atoms with Crippen molar-refractivity contribution in [3.05, 3.63) is 17.5 Å². The lowest BCUT2D eigenvalue weighted by molar-refractivity contribution is 0.133. The van der Waals surface area contributed by atoms with E-state index < -0.39 is 10.0 Å². The molecule has 0 spiro atoms. The van der Waals surface area contributed by atoms with Gasteiger partial charge in [-0.1, -0.05) is 26.8 Å². The average molecular weight is 299 g/mol. The van der Waals surface area contributed by atoms with Gasteiger partial charge in [-0.3, -0.25) is 0 Å². The van der Waals surface area contributed by atoms with Gasteiger partial charge in [0.15, 0.2) is 0 Å². The second-order valence-electron chi connectivity index (χ2n) is 7.20. The van der Waals surface area contributed by atoms with Crippen molar-refractivity contribution in [3.63, 3.8) is 0 Å². The molecule has 3 nitrogen and oxygen atoms in total. The minimum atomic E-state index is -3.29. The highest BCUT2D eigenvalue weighted by atomic mass is 32.2. The minimum absolute atomic E-state index is 0.150. The van der Waals surface area contributed by atoms with Crippen LogP contribution in [0.5, 0.6) is 0 Å². The number of rotatable bonds is 2. The van der Waals surface area contributed by atoms with Crippen LogP contribution in [0.4, 0.5) is 0 Å². The van der Waals surface area contributed by atoms with Crippen LogP contribution in [0.2, 0.25) is 0 Å². The highest BCUT2D eigenvalue weighted by molar-refractivity contribution is 7.91. The molecule has 3 rings (SSSR count). The molecule has 5 heteroatoms. The van der Waals surface area contributed by atoms with Gasteiger partial charge in [0.05, 0.1) is 0 Å². The summed E-state index contributed by atoms with van der Waals surface area (Å²) in [5, 5.41) is 1.83. The van der Waals surface area contributed by atoms with Crippen molar-refractivity contribution in [1.82, 2.24) is 4.31 Å². The van der Waals surface area contributed by atoms with E-state index in [1.807, 2.05) is 11.4 Å². The van der Waals surface area contributed by atoms with Gasteiger partial charge < -0.3 is 0 Å². The molecular weight excluding hydrogens is 278 g/mol. The third kappa shape index (κ3) is 2.26. The highest BCUT2D eigenvalue weighted by Gasteiger charge is 2.53. The molecule has 106 valence electrons. The zero-order chi connectivity index (χ0) is 13.9. The maximum absolute atomic E-state index is 12.7. The monoisotopic (exact) mass is 299 g/mol. The van der Waals surface area contributed by atoms with Crippen molar-refractivity contribution in [2.45, 2.75) is 50.3 Å². The molecule has 1 aliphatic heterocycles. The largest absolute Gasteiger partial charge is 0.252 e. The van der Waals surface area contributed by atoms with Gasteiger partial charge in [-0.25, -0.2) is 8.42 Å². The second kappa shape index (κ2) is 4.06. The average Bonchev–Trinajstić information content (AvgIpc) is 2.83. The van der Waals surface area contributed by atoms with Crippen molar-refractivity contribution in [1.29, 1.82) is 0 Å². The second-order valence-corrected chi connectivity index (χ2v) is 10.3. The number of fused-ring (bicyclic) bond motifs is 2. The number of thiophene rings is 1. The lowest BCUT2D eigenvalue weighted by atomic mass is 9.65. The zero-order valence-electron chi connectivity index (χ0n) is 11.7. The lowest BCUT2D eigenvalue weighted by Crippen LogP contribution is -2.37. The smallest absolute Gasteiger partial charge is 0.206 e. The standard InChI is InChI=1S/C14H21NO2S2/c1-13(2)7-11-8-14(3,9-13)10-15(11)19(16,17)12-5-4-6-18-12/h4-6,11H,7-10H2,1-3H3. The predicted octanol–water partition coefficient (Wildman–Crippen LogP) is 3.34. The van der Waals surface area contributed by atoms with Crippen LogP contribution in [0.1, 0.15) is 40.0 Å². The van der Waals surface area contributed by atoms with Gasteiger partial charge in [-0.2, -0.15) is 4.31 Å². The van der Waals surface area contributed by atoms with Gasteiger partial charge in [-0.05, 0) is 41.5 Å². The Kier molecular flexibility index (Phi) is 2.90. The fourth-order valence-corrected chi connectivity index (χ4v) is 7.11. The van der Waals surface area contributed by atoms with Crippen LogP contribution in [0.3, 0.4) is 0 Å². The molecule has 2 bridgehead atoms. The first kappa shape index (κ1) is 13.6. The first-order chi connectivity index (χ1) is 8.72. The van der Waals surface area contributed by atoms with Crippen LogP contribution >= 0.6 is 11.3 Å². The van der Waals surface area contributed by atoms with Crippen LogP contribution in [0, 0.1) is 10.8 Å². The van der Waals surface area contributed by atoms with E-state index in [9.17, 15) is 8.42 Å². The van der Waals surface area contributed by atoms with Gasteiger partial charge >= 0.3 is 0 Å². The topological polar surface area (TPSA) is 37.4 Å². The minimum Gasteiger partial charge on any atom is -0.206 e. The summed E-state index contributed by atoms with van der Waals surface area (Å²) in [6, 6.07) is 3.71. The number of nitrogens with zero attached hydrogens (tertiary/aromatic N) is 1. The van der Waals surface area contributed by atoms with Crippen LogP contribution < -0.4 is 0 Å². The fourth-order valence-electron chi connectivity index (χ4n) is 4.22. The van der Waals surface area contributed by atoms with E-state index in [0.717, 1.165) is 19.3 Å². The Morgan fingerprint density at radius 1 is 1.32 bits per heavy atom. The fraction of sp³-hybridized carbons (Fsp3) is 0.714. The van der Waals surface area contributed by atoms with Crippen LogP contribution in [0.25, 0.3) is 0 Å². The molecular formula is C14H21NO2S2. The summed E-state index contributed by atoms with van der Waals surface area (Å²) in [7, 11) is -3.29. The van der Waals surface area contributed by atoms with E-state index in [1.165, 1.54) is 11.3 Å². The number of hydrogen-bond donors (Lipinski definition) is 0. The van der Waals surface area contributed by atoms with Crippen molar-refractivity contribution in [2.75, 3.05) is 6.54 Å². The van der Waals surface area contributed by atoms with Gasteiger partial charge in [0, 0.05) is 12.6 Å². The normalized spacial score (nSPS) is 34.6. The van der Waals surface area contributed by atoms with Crippen LogP contribution in [0.15, 0.2) is 21.7 Å². The summed E-state index contributed by atoms with van der Waals surface area (Å²) in [5.41, 5.74) is 0.397. The summed E-state index contributed by atoms with van der Waals surface area (Å²) in [5.74, 6) is 0. The summed E-state index contributed by atoms with van der Waals surface area (Å²) >= 11 is 1.32. The molecule has 1 saturated heterocycles. The van der Waals surface area contributed by atoms with Crippen LogP contribution in [-0.2, 0) is 10.0 Å². The zero-order valence-corrected chi connectivity index (χ0v) is 13.4. The molecule has 1 aromatic rings. The van der Waals surface area contributed by atoms with Gasteiger partial charge in [0.2, 0.25) is 0 Å². The molecule has 0 aromatic carbocycles. The van der Waals surface area contributed by atoms with Gasteiger partial charge in [0.1, 0.15) is 4.21 Å². The summed E-state index contributed by atoms with van der Waals surface area (Å²) in [4.78, 5) is 0. The summed E-state index contributed by atoms with van der Waals surface area (Å²) < 4.78 is 27.7. The Morgan fingerprint density at radius 3 is 2.68 bits per heavy atom. The number of hydrogen-bond acceptors (Lipinski definition) is 3. The molecule has 1 aromatic heterocycles. The Balaban J connectivity index is 1.97. The quantitative estimate of drug-likeness (QED) is 0.840. The van der Waals surface area contributed by atoms with E-state index in [4.69, 9.17) is 0 Å². The van der Waals surface area contributed by atoms with Crippen molar-refractivity contribution < 1.29 is 8.42 Å². The third-order valence-electron chi connectivity index (χ3n) is 4.42.